The van der Waals surface area contributed by atoms with Crippen molar-refractivity contribution in [2.24, 2.45) is 0 Å². The summed E-state index contributed by atoms with van der Waals surface area (Å²) in [5.74, 6) is 1.32. The van der Waals surface area contributed by atoms with Gasteiger partial charge in [-0.3, -0.25) is 0 Å². The van der Waals surface area contributed by atoms with Gasteiger partial charge in [-0.1, -0.05) is 29.8 Å². The lowest BCUT2D eigenvalue weighted by molar-refractivity contribution is -0.132. The van der Waals surface area contributed by atoms with Crippen molar-refractivity contribution in [3.05, 3.63) is 68.9 Å². The first-order valence-corrected chi connectivity index (χ1v) is 8.52. The summed E-state index contributed by atoms with van der Waals surface area (Å²) in [6, 6.07) is 12.7. The normalized spacial score (nSPS) is 15.5. The molecule has 128 valence electrons. The van der Waals surface area contributed by atoms with Crippen molar-refractivity contribution in [3.63, 3.8) is 0 Å². The number of hydrogen-bond donors (Lipinski definition) is 0. The number of benzene rings is 2. The number of cyclic esters (lactones) is 1. The summed E-state index contributed by atoms with van der Waals surface area (Å²) >= 11 is 9.52. The fourth-order valence-corrected chi connectivity index (χ4v) is 3.21. The Morgan fingerprint density at radius 2 is 1.80 bits per heavy atom. The number of halogens is 2. The molecule has 3 rings (SSSR count). The van der Waals surface area contributed by atoms with E-state index < -0.39 is 5.97 Å². The maximum absolute atomic E-state index is 12.0. The van der Waals surface area contributed by atoms with Crippen LogP contribution in [0.1, 0.15) is 11.1 Å². The van der Waals surface area contributed by atoms with Crippen LogP contribution < -0.4 is 9.47 Å². The zero-order valence-corrected chi connectivity index (χ0v) is 15.8. The molecule has 6 heteroatoms. The number of methoxy groups -OCH3 is 2. The van der Waals surface area contributed by atoms with Crippen LogP contribution in [0.15, 0.2) is 52.7 Å². The van der Waals surface area contributed by atoms with Gasteiger partial charge < -0.3 is 14.2 Å². The van der Waals surface area contributed by atoms with E-state index in [-0.39, 0.29) is 0 Å². The summed E-state index contributed by atoms with van der Waals surface area (Å²) in [5.41, 5.74) is 2.27. The molecule has 0 amide bonds. The van der Waals surface area contributed by atoms with Crippen LogP contribution in [0, 0.1) is 0 Å². The van der Waals surface area contributed by atoms with Gasteiger partial charge in [-0.25, -0.2) is 4.79 Å². The molecule has 4 nitrogen and oxygen atoms in total. The predicted molar refractivity (Wildman–Crippen MR) is 101 cm³/mol. The van der Waals surface area contributed by atoms with Crippen molar-refractivity contribution >= 4 is 45.1 Å². The summed E-state index contributed by atoms with van der Waals surface area (Å²) in [4.78, 5) is 12.0. The molecule has 0 fully saturated rings. The van der Waals surface area contributed by atoms with E-state index in [4.69, 9.17) is 25.8 Å². The Morgan fingerprint density at radius 1 is 1.08 bits per heavy atom. The number of rotatable bonds is 4. The lowest BCUT2D eigenvalue weighted by atomic mass is 10.0. The Labute approximate surface area is 158 Å². The molecule has 0 atom stereocenters. The van der Waals surface area contributed by atoms with Crippen LogP contribution in [0.5, 0.6) is 11.5 Å². The van der Waals surface area contributed by atoms with Crippen LogP contribution >= 0.6 is 27.5 Å². The number of carbonyl (C=O) groups excluding carboxylic acids is 1. The highest BCUT2D eigenvalue weighted by Crippen LogP contribution is 2.40. The topological polar surface area (TPSA) is 44.8 Å². The predicted octanol–water partition coefficient (Wildman–Crippen LogP) is 5.06. The lowest BCUT2D eigenvalue weighted by Gasteiger charge is -2.08. The Bertz CT molecular complexity index is 885. The van der Waals surface area contributed by atoms with Gasteiger partial charge in [-0.05, 0) is 57.4 Å². The largest absolute Gasteiger partial charge is 0.497 e. The van der Waals surface area contributed by atoms with Crippen LogP contribution in [-0.4, -0.2) is 20.2 Å². The average molecular weight is 422 g/mol. The van der Waals surface area contributed by atoms with Crippen LogP contribution in [0.25, 0.3) is 11.6 Å². The zero-order chi connectivity index (χ0) is 18.0. The van der Waals surface area contributed by atoms with E-state index in [1.807, 2.05) is 30.3 Å². The number of hydrogen-bond acceptors (Lipinski definition) is 4. The molecule has 1 aliphatic rings. The van der Waals surface area contributed by atoms with Gasteiger partial charge in [-0.15, -0.1) is 0 Å². The number of carbonyl (C=O) groups is 1. The molecular weight excluding hydrogens is 408 g/mol. The smallest absolute Gasteiger partial charge is 0.351 e. The molecule has 0 N–H and O–H groups in total. The minimum Gasteiger partial charge on any atom is -0.497 e. The lowest BCUT2D eigenvalue weighted by Crippen LogP contribution is -1.93. The Morgan fingerprint density at radius 3 is 2.40 bits per heavy atom. The van der Waals surface area contributed by atoms with Gasteiger partial charge in [0.25, 0.3) is 0 Å². The van der Waals surface area contributed by atoms with Crippen LogP contribution in [0.3, 0.4) is 0 Å². The van der Waals surface area contributed by atoms with Gasteiger partial charge in [0.1, 0.15) is 21.7 Å². The molecule has 0 spiro atoms. The first kappa shape index (κ1) is 17.6. The molecule has 0 unspecified atom stereocenters. The molecule has 0 aliphatic carbocycles. The molecule has 0 bridgehead atoms. The third kappa shape index (κ3) is 3.57. The zero-order valence-electron chi connectivity index (χ0n) is 13.5. The second-order valence-corrected chi connectivity index (χ2v) is 6.41. The molecule has 0 aromatic heterocycles. The van der Waals surface area contributed by atoms with E-state index in [0.29, 0.717) is 26.6 Å². The van der Waals surface area contributed by atoms with E-state index in [0.717, 1.165) is 16.9 Å². The molecule has 2 aromatic carbocycles. The molecular formula is C19H14BrClO4. The third-order valence-electron chi connectivity index (χ3n) is 3.70. The van der Waals surface area contributed by atoms with E-state index >= 15 is 0 Å². The summed E-state index contributed by atoms with van der Waals surface area (Å²) in [7, 11) is 3.16. The van der Waals surface area contributed by atoms with Gasteiger partial charge in [0.2, 0.25) is 0 Å². The van der Waals surface area contributed by atoms with Crippen LogP contribution in [0.2, 0.25) is 5.02 Å². The van der Waals surface area contributed by atoms with Crippen LogP contribution in [0.4, 0.5) is 0 Å². The van der Waals surface area contributed by atoms with Gasteiger partial charge in [0, 0.05) is 5.57 Å². The fraction of sp³-hybridized carbons (Fsp3) is 0.105. The summed E-state index contributed by atoms with van der Waals surface area (Å²) in [6.45, 7) is 0. The first-order valence-electron chi connectivity index (χ1n) is 7.35. The maximum Gasteiger partial charge on any atom is 0.351 e. The van der Waals surface area contributed by atoms with Gasteiger partial charge in [-0.2, -0.15) is 0 Å². The Balaban J connectivity index is 2.03. The molecule has 0 saturated heterocycles. The average Bonchev–Trinajstić information content (AvgIpc) is 2.89. The monoisotopic (exact) mass is 420 g/mol. The highest BCUT2D eigenvalue weighted by Gasteiger charge is 2.29. The molecule has 2 aromatic rings. The minimum absolute atomic E-state index is 0.355. The first-order chi connectivity index (χ1) is 12.0. The number of esters is 1. The van der Waals surface area contributed by atoms with E-state index in [2.05, 4.69) is 15.9 Å². The van der Waals surface area contributed by atoms with Gasteiger partial charge in [0.05, 0.1) is 19.2 Å². The van der Waals surface area contributed by atoms with E-state index in [1.165, 1.54) is 0 Å². The Hall–Kier alpha value is -2.24. The van der Waals surface area contributed by atoms with Crippen LogP contribution in [-0.2, 0) is 9.53 Å². The second-order valence-electron chi connectivity index (χ2n) is 5.21. The number of allylic oxidation sites excluding steroid dienone is 1. The van der Waals surface area contributed by atoms with Gasteiger partial charge in [0.15, 0.2) is 0 Å². The quantitative estimate of drug-likeness (QED) is 0.647. The van der Waals surface area contributed by atoms with Crippen molar-refractivity contribution < 1.29 is 19.0 Å². The van der Waals surface area contributed by atoms with Crippen molar-refractivity contribution in [2.45, 2.75) is 0 Å². The third-order valence-corrected chi connectivity index (χ3v) is 4.72. The van der Waals surface area contributed by atoms with E-state index in [9.17, 15) is 4.79 Å². The molecule has 0 radical (unpaired) electrons. The SMILES string of the molecule is COc1ccc(/C=C2\OC(=O)C(Br)=C2c2ccc(OC)c(Cl)c2)cc1. The van der Waals surface area contributed by atoms with Crippen molar-refractivity contribution in [3.8, 4) is 11.5 Å². The van der Waals surface area contributed by atoms with Crippen molar-refractivity contribution in [2.75, 3.05) is 14.2 Å². The molecule has 25 heavy (non-hydrogen) atoms. The summed E-state index contributed by atoms with van der Waals surface area (Å²) in [5, 5.41) is 0.455. The Kier molecular flexibility index (Phi) is 5.16. The highest BCUT2D eigenvalue weighted by atomic mass is 79.9. The molecule has 1 heterocycles. The van der Waals surface area contributed by atoms with E-state index in [1.54, 1.807) is 32.4 Å². The maximum atomic E-state index is 12.0. The molecule has 0 saturated carbocycles. The van der Waals surface area contributed by atoms with Crippen molar-refractivity contribution in [1.82, 2.24) is 0 Å². The number of ether oxygens (including phenoxy) is 3. The van der Waals surface area contributed by atoms with Gasteiger partial charge >= 0.3 is 5.97 Å². The standard InChI is InChI=1S/C19H14BrClO4/c1-23-13-6-3-11(4-7-13)9-16-17(18(20)19(22)25-16)12-5-8-15(24-2)14(21)10-12/h3-10H,1-2H3/b16-9-. The molecule has 1 aliphatic heterocycles. The minimum atomic E-state index is -0.443. The highest BCUT2D eigenvalue weighted by molar-refractivity contribution is 9.12. The van der Waals surface area contributed by atoms with Crippen molar-refractivity contribution in [1.29, 1.82) is 0 Å². The summed E-state index contributed by atoms with van der Waals surface area (Å²) < 4.78 is 16.1. The summed E-state index contributed by atoms with van der Waals surface area (Å²) in [6.07, 6.45) is 1.79. The second kappa shape index (κ2) is 7.33. The fourth-order valence-electron chi connectivity index (χ4n) is 2.45.